The van der Waals surface area contributed by atoms with Crippen molar-refractivity contribution in [1.82, 2.24) is 24.8 Å². The molecule has 2 N–H and O–H groups in total. The topological polar surface area (TPSA) is 112 Å². The van der Waals surface area contributed by atoms with Crippen molar-refractivity contribution in [2.45, 2.75) is 51.0 Å². The van der Waals surface area contributed by atoms with Crippen LogP contribution in [0.15, 0.2) is 36.9 Å². The number of aromatic nitrogens is 4. The summed E-state index contributed by atoms with van der Waals surface area (Å²) in [5.41, 5.74) is 2.33. The van der Waals surface area contributed by atoms with Gasteiger partial charge in [0, 0.05) is 30.7 Å². The van der Waals surface area contributed by atoms with Crippen molar-refractivity contribution in [2.24, 2.45) is 0 Å². The maximum Gasteiger partial charge on any atom is 0.249 e. The molecule has 3 atom stereocenters. The highest BCUT2D eigenvalue weighted by Crippen LogP contribution is 2.36. The maximum atomic E-state index is 12.3. The number of carbonyl (C=O) groups excluding carboxylic acids is 1. The van der Waals surface area contributed by atoms with Crippen molar-refractivity contribution in [2.75, 3.05) is 19.5 Å². The number of methoxy groups -OCH3 is 1. The minimum absolute atomic E-state index is 0.208. The molecule has 1 aliphatic rings. The number of benzene rings is 1. The normalized spacial score (nSPS) is 20.8. The first-order valence-electron chi connectivity index (χ1n) is 10.6. The number of hydrogen-bond donors (Lipinski definition) is 2. The lowest BCUT2D eigenvalue weighted by Crippen LogP contribution is -2.35. The SMILES string of the molecule is CNC(=O)[C@@H]1C[C@@H](OC(C)(C)OC)[C@H](n2cnc3c(NCc4cccc(I)c4)ncnc32)O1. The Morgan fingerprint density at radius 2 is 2.15 bits per heavy atom. The molecule has 176 valence electrons. The zero-order valence-corrected chi connectivity index (χ0v) is 21.1. The van der Waals surface area contributed by atoms with E-state index >= 15 is 0 Å². The summed E-state index contributed by atoms with van der Waals surface area (Å²) in [6, 6.07) is 8.23. The van der Waals surface area contributed by atoms with Gasteiger partial charge in [0.25, 0.3) is 0 Å². The molecule has 0 saturated carbocycles. The van der Waals surface area contributed by atoms with Crippen LogP contribution < -0.4 is 10.6 Å². The molecular formula is C22H27IN6O4. The molecule has 0 spiro atoms. The zero-order valence-electron chi connectivity index (χ0n) is 18.9. The lowest BCUT2D eigenvalue weighted by Gasteiger charge is -2.30. The number of halogens is 1. The van der Waals surface area contributed by atoms with Gasteiger partial charge in [0.15, 0.2) is 29.0 Å². The number of ether oxygens (including phenoxy) is 3. The summed E-state index contributed by atoms with van der Waals surface area (Å²) in [5, 5.41) is 5.98. The molecule has 1 aromatic carbocycles. The Labute approximate surface area is 205 Å². The number of anilines is 1. The predicted octanol–water partition coefficient (Wildman–Crippen LogP) is 2.84. The number of imidazole rings is 1. The van der Waals surface area contributed by atoms with Gasteiger partial charge in [0.2, 0.25) is 5.91 Å². The number of likely N-dealkylation sites (N-methyl/N-ethyl adjacent to an activating group) is 1. The molecule has 1 fully saturated rings. The molecule has 4 rings (SSSR count). The van der Waals surface area contributed by atoms with E-state index in [9.17, 15) is 4.79 Å². The van der Waals surface area contributed by atoms with Gasteiger partial charge in [-0.05, 0) is 54.1 Å². The first kappa shape index (κ1) is 23.8. The van der Waals surface area contributed by atoms with Gasteiger partial charge in [-0.2, -0.15) is 0 Å². The predicted molar refractivity (Wildman–Crippen MR) is 130 cm³/mol. The standard InChI is InChI=1S/C22H27IN6O4/c1-22(2,31-4)33-16-9-15(20(30)24-3)32-21(16)29-12-28-17-18(26-11-27-19(17)29)25-10-13-6-5-7-14(23)8-13/h5-8,11-12,15-16,21H,9-10H2,1-4H3,(H,24,30)(H,25,26,27)/t15-,16+,21+/m0/s1. The Bertz CT molecular complexity index is 1140. The van der Waals surface area contributed by atoms with Crippen molar-refractivity contribution in [1.29, 1.82) is 0 Å². The lowest BCUT2D eigenvalue weighted by molar-refractivity contribution is -0.237. The fourth-order valence-corrected chi connectivity index (χ4v) is 4.34. The second-order valence-electron chi connectivity index (χ2n) is 8.16. The average molecular weight is 566 g/mol. The molecule has 2 aromatic heterocycles. The number of amides is 1. The fourth-order valence-electron chi connectivity index (χ4n) is 3.73. The third-order valence-corrected chi connectivity index (χ3v) is 6.19. The maximum absolute atomic E-state index is 12.3. The number of nitrogens with one attached hydrogen (secondary N) is 2. The van der Waals surface area contributed by atoms with Crippen LogP contribution in [0.2, 0.25) is 0 Å². The second kappa shape index (κ2) is 9.87. The van der Waals surface area contributed by atoms with E-state index in [1.54, 1.807) is 25.1 Å². The molecule has 3 aromatic rings. The van der Waals surface area contributed by atoms with E-state index in [0.717, 1.165) is 9.13 Å². The van der Waals surface area contributed by atoms with Crippen LogP contribution in [0.3, 0.4) is 0 Å². The largest absolute Gasteiger partial charge is 0.364 e. The van der Waals surface area contributed by atoms with Gasteiger partial charge in [-0.1, -0.05) is 12.1 Å². The van der Waals surface area contributed by atoms with E-state index in [-0.39, 0.29) is 5.91 Å². The number of fused-ring (bicyclic) bond motifs is 1. The first-order valence-corrected chi connectivity index (χ1v) is 11.6. The Morgan fingerprint density at radius 3 is 2.88 bits per heavy atom. The van der Waals surface area contributed by atoms with E-state index in [4.69, 9.17) is 14.2 Å². The van der Waals surface area contributed by atoms with Crippen LogP contribution in [0.25, 0.3) is 11.2 Å². The summed E-state index contributed by atoms with van der Waals surface area (Å²) in [6.45, 7) is 4.23. The molecule has 0 aliphatic carbocycles. The molecule has 1 amide bonds. The molecule has 3 heterocycles. The van der Waals surface area contributed by atoms with Gasteiger partial charge in [-0.15, -0.1) is 0 Å². The van der Waals surface area contributed by atoms with Crippen molar-refractivity contribution in [3.63, 3.8) is 0 Å². The van der Waals surface area contributed by atoms with Crippen LogP contribution in [0, 0.1) is 3.57 Å². The molecule has 0 bridgehead atoms. The second-order valence-corrected chi connectivity index (χ2v) is 9.40. The van der Waals surface area contributed by atoms with Gasteiger partial charge < -0.3 is 24.8 Å². The molecule has 33 heavy (non-hydrogen) atoms. The van der Waals surface area contributed by atoms with Crippen LogP contribution in [-0.2, 0) is 25.5 Å². The Morgan fingerprint density at radius 1 is 1.33 bits per heavy atom. The van der Waals surface area contributed by atoms with Gasteiger partial charge >= 0.3 is 0 Å². The highest BCUT2D eigenvalue weighted by Gasteiger charge is 2.43. The number of rotatable bonds is 8. The lowest BCUT2D eigenvalue weighted by atomic mass is 10.1. The summed E-state index contributed by atoms with van der Waals surface area (Å²) >= 11 is 2.29. The molecule has 10 nitrogen and oxygen atoms in total. The van der Waals surface area contributed by atoms with Gasteiger partial charge in [0.1, 0.15) is 18.5 Å². The van der Waals surface area contributed by atoms with Gasteiger partial charge in [-0.3, -0.25) is 9.36 Å². The summed E-state index contributed by atoms with van der Waals surface area (Å²) in [5.74, 6) is -0.442. The van der Waals surface area contributed by atoms with E-state index in [0.29, 0.717) is 29.9 Å². The average Bonchev–Trinajstić information content (AvgIpc) is 3.41. The van der Waals surface area contributed by atoms with E-state index in [1.807, 2.05) is 26.0 Å². The molecule has 1 saturated heterocycles. The molecule has 11 heteroatoms. The van der Waals surface area contributed by atoms with Crippen molar-refractivity contribution < 1.29 is 19.0 Å². The minimum Gasteiger partial charge on any atom is -0.364 e. The van der Waals surface area contributed by atoms with Crippen LogP contribution >= 0.6 is 22.6 Å². The van der Waals surface area contributed by atoms with Crippen molar-refractivity contribution in [3.8, 4) is 0 Å². The molecule has 0 radical (unpaired) electrons. The third-order valence-electron chi connectivity index (χ3n) is 5.52. The summed E-state index contributed by atoms with van der Waals surface area (Å²) in [6.07, 6.45) is 1.79. The first-order chi connectivity index (χ1) is 15.8. The third kappa shape index (κ3) is 5.26. The van der Waals surface area contributed by atoms with E-state index < -0.39 is 24.2 Å². The summed E-state index contributed by atoms with van der Waals surface area (Å²) in [4.78, 5) is 25.6. The minimum atomic E-state index is -0.852. The molecule has 1 aliphatic heterocycles. The Hall–Kier alpha value is -2.35. The highest BCUT2D eigenvalue weighted by molar-refractivity contribution is 14.1. The summed E-state index contributed by atoms with van der Waals surface area (Å²) < 4.78 is 20.7. The van der Waals surface area contributed by atoms with Crippen LogP contribution in [0.1, 0.15) is 32.1 Å². The quantitative estimate of drug-likeness (QED) is 0.317. The van der Waals surface area contributed by atoms with Gasteiger partial charge in [-0.25, -0.2) is 15.0 Å². The Kier molecular flexibility index (Phi) is 7.12. The number of nitrogens with zero attached hydrogens (tertiary/aromatic N) is 4. The van der Waals surface area contributed by atoms with Crippen LogP contribution in [0.4, 0.5) is 5.82 Å². The van der Waals surface area contributed by atoms with Crippen molar-refractivity contribution in [3.05, 3.63) is 46.1 Å². The van der Waals surface area contributed by atoms with Crippen LogP contribution in [0.5, 0.6) is 0 Å². The van der Waals surface area contributed by atoms with Crippen molar-refractivity contribution >= 4 is 45.5 Å². The zero-order chi connectivity index (χ0) is 23.6. The van der Waals surface area contributed by atoms with Gasteiger partial charge in [0.05, 0.1) is 6.33 Å². The monoisotopic (exact) mass is 566 g/mol. The number of carbonyl (C=O) groups is 1. The number of hydrogen-bond acceptors (Lipinski definition) is 8. The Balaban J connectivity index is 1.62. The summed E-state index contributed by atoms with van der Waals surface area (Å²) in [7, 11) is 3.16. The highest BCUT2D eigenvalue weighted by atomic mass is 127. The fraction of sp³-hybridized carbons (Fsp3) is 0.455. The molecular weight excluding hydrogens is 539 g/mol. The smallest absolute Gasteiger partial charge is 0.249 e. The van der Waals surface area contributed by atoms with E-state index in [2.05, 4.69) is 60.3 Å². The van der Waals surface area contributed by atoms with Crippen LogP contribution in [-0.4, -0.2) is 57.6 Å². The molecule has 0 unspecified atom stereocenters. The van der Waals surface area contributed by atoms with E-state index in [1.165, 1.54) is 6.33 Å².